The summed E-state index contributed by atoms with van der Waals surface area (Å²) in [5.41, 5.74) is 3.66. The van der Waals surface area contributed by atoms with Crippen LogP contribution < -0.4 is 15.4 Å². The Labute approximate surface area is 157 Å². The van der Waals surface area contributed by atoms with Gasteiger partial charge < -0.3 is 15.4 Å². The first-order chi connectivity index (χ1) is 12.4. The monoisotopic (exact) mass is 354 g/mol. The zero-order valence-electron chi connectivity index (χ0n) is 16.3. The molecular formula is C22H30N2O2. The standard InChI is InChI=1S/C22H30N2O2/c1-22(2,3)18-8-10-19(11-9-18)23-15-13-21(25)24-14-12-17-6-5-7-20(16-17)26-4/h5-11,16,23H,12-15H2,1-4H3,(H,24,25). The number of hydrogen-bond acceptors (Lipinski definition) is 3. The lowest BCUT2D eigenvalue weighted by atomic mass is 9.87. The van der Waals surface area contributed by atoms with E-state index in [1.165, 1.54) is 5.56 Å². The summed E-state index contributed by atoms with van der Waals surface area (Å²) in [5.74, 6) is 0.905. The van der Waals surface area contributed by atoms with Crippen LogP contribution in [-0.2, 0) is 16.6 Å². The van der Waals surface area contributed by atoms with E-state index in [0.717, 1.165) is 23.4 Å². The minimum Gasteiger partial charge on any atom is -0.497 e. The zero-order valence-corrected chi connectivity index (χ0v) is 16.3. The van der Waals surface area contributed by atoms with Gasteiger partial charge in [-0.25, -0.2) is 0 Å². The normalized spacial score (nSPS) is 11.1. The highest BCUT2D eigenvalue weighted by Gasteiger charge is 2.12. The number of benzene rings is 2. The predicted octanol–water partition coefficient (Wildman–Crippen LogP) is 4.15. The third-order valence-corrected chi connectivity index (χ3v) is 4.30. The molecule has 0 saturated carbocycles. The molecule has 0 spiro atoms. The van der Waals surface area contributed by atoms with Crippen LogP contribution in [-0.4, -0.2) is 26.1 Å². The third-order valence-electron chi connectivity index (χ3n) is 4.30. The van der Waals surface area contributed by atoms with Crippen LogP contribution in [0.2, 0.25) is 0 Å². The van der Waals surface area contributed by atoms with Crippen LogP contribution in [0.5, 0.6) is 5.75 Å². The molecule has 2 aromatic carbocycles. The average molecular weight is 354 g/mol. The second-order valence-corrected chi connectivity index (χ2v) is 7.46. The SMILES string of the molecule is COc1cccc(CCNC(=O)CCNc2ccc(C(C)(C)C)cc2)c1. The number of carbonyl (C=O) groups excluding carboxylic acids is 1. The summed E-state index contributed by atoms with van der Waals surface area (Å²) < 4.78 is 5.21. The van der Waals surface area contributed by atoms with Gasteiger partial charge in [0.2, 0.25) is 5.91 Å². The molecule has 1 amide bonds. The zero-order chi connectivity index (χ0) is 19.0. The molecule has 0 aliphatic carbocycles. The molecule has 0 unspecified atom stereocenters. The van der Waals surface area contributed by atoms with Gasteiger partial charge in [-0.2, -0.15) is 0 Å². The lowest BCUT2D eigenvalue weighted by Gasteiger charge is -2.19. The van der Waals surface area contributed by atoms with Crippen molar-refractivity contribution in [3.8, 4) is 5.75 Å². The van der Waals surface area contributed by atoms with E-state index in [2.05, 4.69) is 55.7 Å². The van der Waals surface area contributed by atoms with Crippen molar-refractivity contribution >= 4 is 11.6 Å². The highest BCUT2D eigenvalue weighted by molar-refractivity contribution is 5.76. The summed E-state index contributed by atoms with van der Waals surface area (Å²) in [7, 11) is 1.66. The molecule has 0 saturated heterocycles. The van der Waals surface area contributed by atoms with E-state index in [9.17, 15) is 4.79 Å². The van der Waals surface area contributed by atoms with Gasteiger partial charge in [-0.15, -0.1) is 0 Å². The summed E-state index contributed by atoms with van der Waals surface area (Å²) in [4.78, 5) is 12.0. The Morgan fingerprint density at radius 2 is 1.77 bits per heavy atom. The van der Waals surface area contributed by atoms with E-state index in [1.807, 2.05) is 24.3 Å². The van der Waals surface area contributed by atoms with Crippen molar-refractivity contribution in [3.05, 3.63) is 59.7 Å². The summed E-state index contributed by atoms with van der Waals surface area (Å²) in [6.45, 7) is 7.86. The summed E-state index contributed by atoms with van der Waals surface area (Å²) in [5, 5.41) is 6.26. The molecule has 0 heterocycles. The van der Waals surface area contributed by atoms with Crippen LogP contribution in [0.3, 0.4) is 0 Å². The number of nitrogens with one attached hydrogen (secondary N) is 2. The number of amides is 1. The first kappa shape index (κ1) is 19.8. The number of carbonyl (C=O) groups is 1. The molecule has 0 radical (unpaired) electrons. The van der Waals surface area contributed by atoms with Crippen molar-refractivity contribution in [2.75, 3.05) is 25.5 Å². The molecular weight excluding hydrogens is 324 g/mol. The highest BCUT2D eigenvalue weighted by atomic mass is 16.5. The smallest absolute Gasteiger partial charge is 0.221 e. The fraction of sp³-hybridized carbons (Fsp3) is 0.409. The summed E-state index contributed by atoms with van der Waals surface area (Å²) in [6, 6.07) is 16.3. The molecule has 0 fully saturated rings. The van der Waals surface area contributed by atoms with Gasteiger partial charge in [0.15, 0.2) is 0 Å². The number of ether oxygens (including phenoxy) is 1. The van der Waals surface area contributed by atoms with Crippen LogP contribution >= 0.6 is 0 Å². The highest BCUT2D eigenvalue weighted by Crippen LogP contribution is 2.23. The predicted molar refractivity (Wildman–Crippen MR) is 108 cm³/mol. The third kappa shape index (κ3) is 6.43. The maximum absolute atomic E-state index is 12.0. The number of hydrogen-bond donors (Lipinski definition) is 2. The quantitative estimate of drug-likeness (QED) is 0.749. The van der Waals surface area contributed by atoms with Crippen molar-refractivity contribution in [2.24, 2.45) is 0 Å². The van der Waals surface area contributed by atoms with Gasteiger partial charge in [-0.05, 0) is 47.2 Å². The minimum atomic E-state index is 0.0618. The molecule has 4 nitrogen and oxygen atoms in total. The number of rotatable bonds is 8. The Morgan fingerprint density at radius 1 is 1.04 bits per heavy atom. The van der Waals surface area contributed by atoms with E-state index in [-0.39, 0.29) is 11.3 Å². The second-order valence-electron chi connectivity index (χ2n) is 7.46. The molecule has 0 aromatic heterocycles. The Morgan fingerprint density at radius 3 is 2.42 bits per heavy atom. The molecule has 2 aromatic rings. The summed E-state index contributed by atoms with van der Waals surface area (Å²) >= 11 is 0. The van der Waals surface area contributed by atoms with Crippen molar-refractivity contribution in [2.45, 2.75) is 39.0 Å². The van der Waals surface area contributed by atoms with Crippen LogP contribution in [0.1, 0.15) is 38.3 Å². The largest absolute Gasteiger partial charge is 0.497 e. The maximum atomic E-state index is 12.0. The fourth-order valence-electron chi connectivity index (χ4n) is 2.67. The molecule has 2 rings (SSSR count). The second kappa shape index (κ2) is 9.27. The number of anilines is 1. The summed E-state index contributed by atoms with van der Waals surface area (Å²) in [6.07, 6.45) is 1.25. The average Bonchev–Trinajstić information content (AvgIpc) is 2.61. The fourth-order valence-corrected chi connectivity index (χ4v) is 2.67. The van der Waals surface area contributed by atoms with Gasteiger partial charge in [-0.1, -0.05) is 45.0 Å². The van der Waals surface area contributed by atoms with E-state index in [4.69, 9.17) is 4.74 Å². The lowest BCUT2D eigenvalue weighted by molar-refractivity contribution is -0.120. The topological polar surface area (TPSA) is 50.4 Å². The Hall–Kier alpha value is -2.49. The van der Waals surface area contributed by atoms with Crippen molar-refractivity contribution in [1.82, 2.24) is 5.32 Å². The van der Waals surface area contributed by atoms with E-state index in [0.29, 0.717) is 19.5 Å². The minimum absolute atomic E-state index is 0.0618. The molecule has 4 heteroatoms. The van der Waals surface area contributed by atoms with Gasteiger partial charge in [0.25, 0.3) is 0 Å². The van der Waals surface area contributed by atoms with Gasteiger partial charge in [0, 0.05) is 25.2 Å². The van der Waals surface area contributed by atoms with Crippen LogP contribution in [0, 0.1) is 0 Å². The maximum Gasteiger partial charge on any atom is 0.221 e. The van der Waals surface area contributed by atoms with E-state index >= 15 is 0 Å². The molecule has 26 heavy (non-hydrogen) atoms. The molecule has 0 aliphatic rings. The lowest BCUT2D eigenvalue weighted by Crippen LogP contribution is -2.27. The van der Waals surface area contributed by atoms with Gasteiger partial charge in [-0.3, -0.25) is 4.79 Å². The van der Waals surface area contributed by atoms with Gasteiger partial charge in [0.1, 0.15) is 5.75 Å². The Kier molecular flexibility index (Phi) is 7.07. The Balaban J connectivity index is 1.67. The van der Waals surface area contributed by atoms with Crippen molar-refractivity contribution in [1.29, 1.82) is 0 Å². The van der Waals surface area contributed by atoms with Crippen LogP contribution in [0.4, 0.5) is 5.69 Å². The molecule has 0 aliphatic heterocycles. The van der Waals surface area contributed by atoms with Crippen LogP contribution in [0.25, 0.3) is 0 Å². The van der Waals surface area contributed by atoms with Crippen LogP contribution in [0.15, 0.2) is 48.5 Å². The van der Waals surface area contributed by atoms with Gasteiger partial charge in [0.05, 0.1) is 7.11 Å². The Bertz CT molecular complexity index is 703. The molecule has 2 N–H and O–H groups in total. The molecule has 140 valence electrons. The first-order valence-electron chi connectivity index (χ1n) is 9.12. The van der Waals surface area contributed by atoms with Crippen molar-refractivity contribution < 1.29 is 9.53 Å². The van der Waals surface area contributed by atoms with Crippen molar-refractivity contribution in [3.63, 3.8) is 0 Å². The number of methoxy groups -OCH3 is 1. The molecule has 0 bridgehead atoms. The molecule has 0 atom stereocenters. The first-order valence-corrected chi connectivity index (χ1v) is 9.12. The van der Waals surface area contributed by atoms with Gasteiger partial charge >= 0.3 is 0 Å². The van der Waals surface area contributed by atoms with E-state index < -0.39 is 0 Å². The van der Waals surface area contributed by atoms with E-state index in [1.54, 1.807) is 7.11 Å².